The summed E-state index contributed by atoms with van der Waals surface area (Å²) in [6.45, 7) is 0. The molecule has 0 aromatic heterocycles. The maximum Gasteiger partial charge on any atom is 0.193 e. The lowest BCUT2D eigenvalue weighted by Gasteiger charge is -2.12. The molecule has 27 heavy (non-hydrogen) atoms. The van der Waals surface area contributed by atoms with Crippen LogP contribution in [0.25, 0.3) is 6.08 Å². The number of aromatic hydroxyl groups is 1. The molecule has 0 saturated carbocycles. The van der Waals surface area contributed by atoms with Gasteiger partial charge in [0.15, 0.2) is 17.3 Å². The highest BCUT2D eigenvalue weighted by Crippen LogP contribution is 2.36. The highest BCUT2D eigenvalue weighted by atomic mass is 16.5. The number of allylic oxidation sites excluding steroid dienone is 1. The fourth-order valence-electron chi connectivity index (χ4n) is 2.53. The minimum atomic E-state index is -0.441. The molecule has 0 fully saturated rings. The zero-order valence-corrected chi connectivity index (χ0v) is 15.9. The van der Waals surface area contributed by atoms with Gasteiger partial charge in [0, 0.05) is 23.8 Å². The van der Waals surface area contributed by atoms with E-state index in [0.717, 1.165) is 0 Å². The fraction of sp³-hybridized carbons (Fsp3) is 0.250. The van der Waals surface area contributed by atoms with Crippen molar-refractivity contribution in [3.8, 4) is 34.5 Å². The van der Waals surface area contributed by atoms with Gasteiger partial charge in [-0.05, 0) is 18.2 Å². The quantitative estimate of drug-likeness (QED) is 0.560. The van der Waals surface area contributed by atoms with Crippen LogP contribution < -0.4 is 23.7 Å². The normalized spacial score (nSPS) is 10.6. The van der Waals surface area contributed by atoms with Gasteiger partial charge < -0.3 is 28.8 Å². The number of benzene rings is 2. The maximum absolute atomic E-state index is 12.6. The summed E-state index contributed by atoms with van der Waals surface area (Å²) in [5, 5.41) is 10.2. The molecule has 7 heteroatoms. The van der Waals surface area contributed by atoms with Crippen LogP contribution in [0, 0.1) is 0 Å². The third kappa shape index (κ3) is 4.25. The smallest absolute Gasteiger partial charge is 0.193 e. The van der Waals surface area contributed by atoms with Crippen molar-refractivity contribution in [1.82, 2.24) is 0 Å². The topological polar surface area (TPSA) is 83.5 Å². The van der Waals surface area contributed by atoms with Crippen LogP contribution in [0.5, 0.6) is 34.5 Å². The molecule has 0 saturated heterocycles. The summed E-state index contributed by atoms with van der Waals surface area (Å²) >= 11 is 0. The van der Waals surface area contributed by atoms with Crippen molar-refractivity contribution < 1.29 is 33.6 Å². The number of hydrogen-bond acceptors (Lipinski definition) is 7. The summed E-state index contributed by atoms with van der Waals surface area (Å²) in [6, 6.07) is 6.22. The molecule has 0 aliphatic carbocycles. The van der Waals surface area contributed by atoms with Gasteiger partial charge in [-0.3, -0.25) is 4.79 Å². The number of ether oxygens (including phenoxy) is 5. The number of ketones is 1. The van der Waals surface area contributed by atoms with E-state index in [9.17, 15) is 9.90 Å². The van der Waals surface area contributed by atoms with Gasteiger partial charge in [0.2, 0.25) is 0 Å². The Hall–Kier alpha value is -3.35. The minimum absolute atomic E-state index is 0.0361. The highest BCUT2D eigenvalue weighted by molar-refractivity contribution is 6.10. The number of carbonyl (C=O) groups excluding carboxylic acids is 1. The Balaban J connectivity index is 2.43. The van der Waals surface area contributed by atoms with E-state index in [1.54, 1.807) is 18.2 Å². The van der Waals surface area contributed by atoms with Crippen molar-refractivity contribution in [1.29, 1.82) is 0 Å². The fourth-order valence-corrected chi connectivity index (χ4v) is 2.53. The molecule has 0 amide bonds. The van der Waals surface area contributed by atoms with Crippen LogP contribution in [0.15, 0.2) is 30.3 Å². The molecule has 7 nitrogen and oxygen atoms in total. The van der Waals surface area contributed by atoms with E-state index in [1.807, 2.05) is 0 Å². The van der Waals surface area contributed by atoms with Gasteiger partial charge in [0.1, 0.15) is 28.6 Å². The number of rotatable bonds is 8. The third-order valence-corrected chi connectivity index (χ3v) is 3.91. The van der Waals surface area contributed by atoms with Gasteiger partial charge in [-0.15, -0.1) is 0 Å². The van der Waals surface area contributed by atoms with Crippen molar-refractivity contribution in [3.05, 3.63) is 41.5 Å². The van der Waals surface area contributed by atoms with Gasteiger partial charge in [-0.2, -0.15) is 0 Å². The minimum Gasteiger partial charge on any atom is -0.507 e. The average Bonchev–Trinajstić information content (AvgIpc) is 2.70. The van der Waals surface area contributed by atoms with Crippen molar-refractivity contribution in [2.24, 2.45) is 0 Å². The molecule has 2 aromatic rings. The zero-order chi connectivity index (χ0) is 20.0. The molecule has 0 heterocycles. The second kappa shape index (κ2) is 8.84. The van der Waals surface area contributed by atoms with Crippen LogP contribution in [0.4, 0.5) is 0 Å². The number of phenolic OH excluding ortho intramolecular Hbond substituents is 1. The molecule has 0 bridgehead atoms. The Morgan fingerprint density at radius 3 is 1.93 bits per heavy atom. The number of phenols is 1. The van der Waals surface area contributed by atoms with Crippen LogP contribution in [0.1, 0.15) is 15.9 Å². The van der Waals surface area contributed by atoms with E-state index >= 15 is 0 Å². The third-order valence-electron chi connectivity index (χ3n) is 3.91. The standard InChI is InChI=1S/C20H22O7/c1-23-13-9-15(22)20(19(10-13)27-5)14(21)7-6-12-8-17(25-3)18(26-4)11-16(12)24-2/h6-11,22H,1-5H3. The Morgan fingerprint density at radius 1 is 0.778 bits per heavy atom. The van der Waals surface area contributed by atoms with Crippen molar-refractivity contribution in [3.63, 3.8) is 0 Å². The molecule has 2 rings (SSSR count). The van der Waals surface area contributed by atoms with Crippen LogP contribution in [-0.4, -0.2) is 46.4 Å². The van der Waals surface area contributed by atoms with E-state index in [1.165, 1.54) is 53.8 Å². The van der Waals surface area contributed by atoms with E-state index in [0.29, 0.717) is 28.6 Å². The van der Waals surface area contributed by atoms with Crippen LogP contribution >= 0.6 is 0 Å². The Morgan fingerprint density at radius 2 is 1.37 bits per heavy atom. The summed E-state index contributed by atoms with van der Waals surface area (Å²) in [6.07, 6.45) is 2.88. The lowest BCUT2D eigenvalue weighted by atomic mass is 10.1. The lowest BCUT2D eigenvalue weighted by Crippen LogP contribution is -2.01. The van der Waals surface area contributed by atoms with Gasteiger partial charge in [-0.25, -0.2) is 0 Å². The Bertz CT molecular complexity index is 856. The van der Waals surface area contributed by atoms with Gasteiger partial charge in [0.25, 0.3) is 0 Å². The lowest BCUT2D eigenvalue weighted by molar-refractivity contribution is 0.104. The highest BCUT2D eigenvalue weighted by Gasteiger charge is 2.18. The SMILES string of the molecule is COc1cc(O)c(C(=O)C=Cc2cc(OC)c(OC)cc2OC)c(OC)c1. The molecule has 0 unspecified atom stereocenters. The largest absolute Gasteiger partial charge is 0.507 e. The van der Waals surface area contributed by atoms with Crippen molar-refractivity contribution >= 4 is 11.9 Å². The maximum atomic E-state index is 12.6. The van der Waals surface area contributed by atoms with Crippen molar-refractivity contribution in [2.45, 2.75) is 0 Å². The van der Waals surface area contributed by atoms with E-state index in [4.69, 9.17) is 23.7 Å². The van der Waals surface area contributed by atoms with Crippen LogP contribution in [0.3, 0.4) is 0 Å². The second-order valence-corrected chi connectivity index (χ2v) is 5.37. The predicted octanol–water partition coefficient (Wildman–Crippen LogP) is 3.33. The molecular formula is C20H22O7. The van der Waals surface area contributed by atoms with Gasteiger partial charge >= 0.3 is 0 Å². The first-order valence-electron chi connectivity index (χ1n) is 7.96. The average molecular weight is 374 g/mol. The van der Waals surface area contributed by atoms with E-state index in [-0.39, 0.29) is 17.1 Å². The molecule has 0 radical (unpaired) electrons. The molecule has 0 spiro atoms. The number of hydrogen-bond donors (Lipinski definition) is 1. The Labute approximate surface area is 157 Å². The molecule has 1 N–H and O–H groups in total. The molecule has 0 atom stereocenters. The summed E-state index contributed by atoms with van der Waals surface area (Å²) in [5.74, 6) is 1.42. The Kier molecular flexibility index (Phi) is 6.54. The van der Waals surface area contributed by atoms with Crippen LogP contribution in [0.2, 0.25) is 0 Å². The van der Waals surface area contributed by atoms with E-state index in [2.05, 4.69) is 0 Å². The molecular weight excluding hydrogens is 352 g/mol. The summed E-state index contributed by atoms with van der Waals surface area (Å²) < 4.78 is 26.1. The van der Waals surface area contributed by atoms with E-state index < -0.39 is 5.78 Å². The monoisotopic (exact) mass is 374 g/mol. The van der Waals surface area contributed by atoms with Gasteiger partial charge in [-0.1, -0.05) is 0 Å². The van der Waals surface area contributed by atoms with Crippen molar-refractivity contribution in [2.75, 3.05) is 35.5 Å². The first kappa shape index (κ1) is 20.0. The predicted molar refractivity (Wildman–Crippen MR) is 101 cm³/mol. The molecule has 0 aliphatic heterocycles. The van der Waals surface area contributed by atoms with Crippen LogP contribution in [-0.2, 0) is 0 Å². The van der Waals surface area contributed by atoms with Gasteiger partial charge in [0.05, 0.1) is 35.5 Å². The first-order valence-corrected chi connectivity index (χ1v) is 7.96. The first-order chi connectivity index (χ1) is 13.0. The summed E-state index contributed by atoms with van der Waals surface area (Å²) in [5.41, 5.74) is 0.643. The number of methoxy groups -OCH3 is 5. The zero-order valence-electron chi connectivity index (χ0n) is 15.9. The number of carbonyl (C=O) groups is 1. The summed E-state index contributed by atoms with van der Waals surface area (Å²) in [7, 11) is 7.42. The summed E-state index contributed by atoms with van der Waals surface area (Å²) in [4.78, 5) is 12.6. The molecule has 144 valence electrons. The second-order valence-electron chi connectivity index (χ2n) is 5.37. The molecule has 2 aromatic carbocycles. The molecule has 0 aliphatic rings.